The van der Waals surface area contributed by atoms with Crippen molar-refractivity contribution in [3.63, 3.8) is 0 Å². The Morgan fingerprint density at radius 2 is 1.96 bits per heavy atom. The predicted octanol–water partition coefficient (Wildman–Crippen LogP) is 4.81. The summed E-state index contributed by atoms with van der Waals surface area (Å²) >= 11 is 1.41. The second-order valence-electron chi connectivity index (χ2n) is 6.71. The van der Waals surface area contributed by atoms with Crippen molar-refractivity contribution in [3.05, 3.63) is 52.6 Å². The maximum atomic E-state index is 12.8. The van der Waals surface area contributed by atoms with E-state index in [4.69, 9.17) is 9.41 Å². The third-order valence-electron chi connectivity index (χ3n) is 4.84. The Kier molecular flexibility index (Phi) is 5.07. The molecule has 4 rings (SSSR count). The molecule has 140 valence electrons. The highest BCUT2D eigenvalue weighted by molar-refractivity contribution is 8.18. The first-order valence-electron chi connectivity index (χ1n) is 9.36. The fourth-order valence-corrected chi connectivity index (χ4v) is 4.35. The Balaban J connectivity index is 1.60. The summed E-state index contributed by atoms with van der Waals surface area (Å²) in [4.78, 5) is 22.1. The van der Waals surface area contributed by atoms with E-state index in [2.05, 4.69) is 4.90 Å². The number of anilines is 1. The molecule has 0 N–H and O–H groups in total. The summed E-state index contributed by atoms with van der Waals surface area (Å²) in [6.07, 6.45) is 4.24. The summed E-state index contributed by atoms with van der Waals surface area (Å²) in [6.45, 7) is 6.65. The molecule has 1 aromatic heterocycles. The fourth-order valence-electron chi connectivity index (χ4n) is 3.32. The van der Waals surface area contributed by atoms with Crippen molar-refractivity contribution in [1.82, 2.24) is 4.90 Å². The number of aliphatic imine (C=N–C) groups is 1. The van der Waals surface area contributed by atoms with E-state index < -0.39 is 0 Å². The van der Waals surface area contributed by atoms with Gasteiger partial charge in [-0.3, -0.25) is 9.69 Å². The van der Waals surface area contributed by atoms with Gasteiger partial charge in [0.05, 0.1) is 10.6 Å². The highest BCUT2D eigenvalue weighted by Gasteiger charge is 2.32. The van der Waals surface area contributed by atoms with Gasteiger partial charge < -0.3 is 9.32 Å². The number of carbonyl (C=O) groups is 1. The number of benzene rings is 1. The Bertz CT molecular complexity index is 910. The van der Waals surface area contributed by atoms with Crippen LogP contribution in [-0.2, 0) is 4.79 Å². The largest absolute Gasteiger partial charge is 0.441 e. The van der Waals surface area contributed by atoms with Crippen molar-refractivity contribution in [3.8, 4) is 0 Å². The van der Waals surface area contributed by atoms with E-state index in [0.717, 1.165) is 35.4 Å². The van der Waals surface area contributed by atoms with Crippen molar-refractivity contribution >= 4 is 40.5 Å². The number of para-hydroxylation sites is 1. The number of nitrogens with zero attached hydrogens (tertiary/aromatic N) is 3. The Hall–Kier alpha value is -2.47. The van der Waals surface area contributed by atoms with Crippen LogP contribution in [-0.4, -0.2) is 35.6 Å². The van der Waals surface area contributed by atoms with Crippen molar-refractivity contribution in [1.29, 1.82) is 0 Å². The quantitative estimate of drug-likeness (QED) is 0.713. The average Bonchev–Trinajstić information content (AvgIpc) is 3.39. The molecule has 3 heterocycles. The van der Waals surface area contributed by atoms with Gasteiger partial charge in [0.15, 0.2) is 11.1 Å². The lowest BCUT2D eigenvalue weighted by Crippen LogP contribution is -2.28. The van der Waals surface area contributed by atoms with Crippen molar-refractivity contribution in [2.75, 3.05) is 24.5 Å². The van der Waals surface area contributed by atoms with Crippen LogP contribution >= 0.6 is 11.8 Å². The lowest BCUT2D eigenvalue weighted by Gasteiger charge is -2.12. The molecule has 6 heteroatoms. The lowest BCUT2D eigenvalue weighted by atomic mass is 10.2. The highest BCUT2D eigenvalue weighted by Crippen LogP contribution is 2.35. The molecule has 0 saturated carbocycles. The lowest BCUT2D eigenvalue weighted by molar-refractivity contribution is -0.122. The molecule has 1 aromatic carbocycles. The number of likely N-dealkylation sites (N-methyl/N-ethyl adjacent to an activating group) is 1. The number of amides is 1. The molecule has 0 spiro atoms. The number of carbonyl (C=O) groups excluding carboxylic acids is 1. The molecule has 0 aliphatic carbocycles. The number of hydrogen-bond donors (Lipinski definition) is 0. The van der Waals surface area contributed by atoms with E-state index in [1.807, 2.05) is 56.3 Å². The van der Waals surface area contributed by atoms with Crippen LogP contribution in [0.5, 0.6) is 0 Å². The van der Waals surface area contributed by atoms with Gasteiger partial charge in [-0.1, -0.05) is 18.2 Å². The van der Waals surface area contributed by atoms with E-state index >= 15 is 0 Å². The van der Waals surface area contributed by atoms with Gasteiger partial charge in [-0.15, -0.1) is 0 Å². The number of thioether (sulfide) groups is 1. The smallest absolute Gasteiger partial charge is 0.266 e. The minimum absolute atomic E-state index is 0.0195. The summed E-state index contributed by atoms with van der Waals surface area (Å²) in [5.74, 6) is 1.57. The number of hydrogen-bond acceptors (Lipinski definition) is 5. The standard InChI is InChI=1S/C21H23N3O2S/c1-3-24-20(25)18(27-21(24)22-17-9-5-4-8-15(17)2)14-16-10-11-19(26-16)23-12-6-7-13-23/h4-5,8-11,14H,3,6-7,12-13H2,1-2H3/b18-14+,22-21?. The normalized spacial score (nSPS) is 20.4. The Morgan fingerprint density at radius 3 is 2.70 bits per heavy atom. The van der Waals surface area contributed by atoms with Crippen LogP contribution in [0.1, 0.15) is 31.1 Å². The van der Waals surface area contributed by atoms with Gasteiger partial charge in [-0.2, -0.15) is 0 Å². The first-order valence-corrected chi connectivity index (χ1v) is 10.2. The third kappa shape index (κ3) is 3.67. The zero-order valence-corrected chi connectivity index (χ0v) is 16.5. The minimum atomic E-state index is -0.0195. The summed E-state index contributed by atoms with van der Waals surface area (Å²) in [6, 6.07) is 11.9. The topological polar surface area (TPSA) is 49.1 Å². The molecule has 0 unspecified atom stereocenters. The second-order valence-corrected chi connectivity index (χ2v) is 7.72. The van der Waals surface area contributed by atoms with Crippen molar-refractivity contribution < 1.29 is 9.21 Å². The minimum Gasteiger partial charge on any atom is -0.441 e. The van der Waals surface area contributed by atoms with Gasteiger partial charge in [-0.25, -0.2) is 4.99 Å². The van der Waals surface area contributed by atoms with Crippen LogP contribution in [0.4, 0.5) is 11.6 Å². The predicted molar refractivity (Wildman–Crippen MR) is 111 cm³/mol. The van der Waals surface area contributed by atoms with Crippen LogP contribution in [0.2, 0.25) is 0 Å². The first-order chi connectivity index (χ1) is 13.2. The molecule has 1 amide bonds. The number of aryl methyl sites for hydroxylation is 1. The van der Waals surface area contributed by atoms with Gasteiger partial charge >= 0.3 is 0 Å². The molecule has 27 heavy (non-hydrogen) atoms. The van der Waals surface area contributed by atoms with E-state index in [0.29, 0.717) is 17.2 Å². The Morgan fingerprint density at radius 1 is 1.19 bits per heavy atom. The van der Waals surface area contributed by atoms with E-state index in [1.165, 1.54) is 24.6 Å². The maximum Gasteiger partial charge on any atom is 0.266 e. The summed E-state index contributed by atoms with van der Waals surface area (Å²) in [7, 11) is 0. The number of furan rings is 1. The molecule has 0 atom stereocenters. The SMILES string of the molecule is CCN1C(=O)/C(=C\c2ccc(N3CCCC3)o2)SC1=Nc1ccccc1C. The molecule has 2 aliphatic heterocycles. The average molecular weight is 382 g/mol. The molecule has 2 aliphatic rings. The summed E-state index contributed by atoms with van der Waals surface area (Å²) in [5, 5.41) is 0.717. The van der Waals surface area contributed by atoms with Crippen LogP contribution in [0.25, 0.3) is 6.08 Å². The summed E-state index contributed by atoms with van der Waals surface area (Å²) < 4.78 is 5.94. The zero-order chi connectivity index (χ0) is 18.8. The van der Waals surface area contributed by atoms with Crippen LogP contribution in [0.3, 0.4) is 0 Å². The Labute approximate surface area is 163 Å². The van der Waals surface area contributed by atoms with Crippen LogP contribution in [0, 0.1) is 6.92 Å². The van der Waals surface area contributed by atoms with E-state index in [9.17, 15) is 4.79 Å². The maximum absolute atomic E-state index is 12.8. The molecule has 5 nitrogen and oxygen atoms in total. The number of rotatable bonds is 4. The van der Waals surface area contributed by atoms with E-state index in [1.54, 1.807) is 4.90 Å². The fraction of sp³-hybridized carbons (Fsp3) is 0.333. The molecule has 2 saturated heterocycles. The molecule has 2 aromatic rings. The van der Waals surface area contributed by atoms with Crippen molar-refractivity contribution in [2.24, 2.45) is 4.99 Å². The second kappa shape index (κ2) is 7.64. The van der Waals surface area contributed by atoms with Crippen LogP contribution in [0.15, 0.2) is 50.7 Å². The molecule has 0 bridgehead atoms. The molecular formula is C21H23N3O2S. The molecule has 0 radical (unpaired) electrons. The summed E-state index contributed by atoms with van der Waals surface area (Å²) in [5.41, 5.74) is 1.98. The van der Waals surface area contributed by atoms with Crippen molar-refractivity contribution in [2.45, 2.75) is 26.7 Å². The van der Waals surface area contributed by atoms with Gasteiger partial charge in [-0.05, 0) is 56.1 Å². The van der Waals surface area contributed by atoms with Crippen LogP contribution < -0.4 is 4.90 Å². The molecular weight excluding hydrogens is 358 g/mol. The van der Waals surface area contributed by atoms with E-state index in [-0.39, 0.29) is 5.91 Å². The number of amidine groups is 1. The first kappa shape index (κ1) is 17.9. The van der Waals surface area contributed by atoms with Gasteiger partial charge in [0.2, 0.25) is 0 Å². The van der Waals surface area contributed by atoms with Gasteiger partial charge in [0.1, 0.15) is 5.76 Å². The van der Waals surface area contributed by atoms with Gasteiger partial charge in [0, 0.05) is 31.8 Å². The zero-order valence-electron chi connectivity index (χ0n) is 15.6. The molecule has 2 fully saturated rings. The monoisotopic (exact) mass is 381 g/mol. The van der Waals surface area contributed by atoms with Gasteiger partial charge in [0.25, 0.3) is 5.91 Å². The third-order valence-corrected chi connectivity index (χ3v) is 5.85. The highest BCUT2D eigenvalue weighted by atomic mass is 32.2.